The molecule has 6 nitrogen and oxygen atoms in total. The Labute approximate surface area is 219 Å². The van der Waals surface area contributed by atoms with E-state index in [0.717, 1.165) is 6.07 Å². The predicted molar refractivity (Wildman–Crippen MR) is 124 cm³/mol. The van der Waals surface area contributed by atoms with Gasteiger partial charge in [-0.1, -0.05) is 24.3 Å². The van der Waals surface area contributed by atoms with Crippen LogP contribution in [0.1, 0.15) is 50.1 Å². The number of aryl methyl sites for hydroxylation is 1. The number of halogens is 7. The number of amides is 1. The number of aromatic nitrogens is 1. The third kappa shape index (κ3) is 4.48. The number of nitrogens with zero attached hydrogens (tertiary/aromatic N) is 2. The van der Waals surface area contributed by atoms with Crippen LogP contribution >= 0.6 is 0 Å². The molecule has 1 fully saturated rings. The summed E-state index contributed by atoms with van der Waals surface area (Å²) in [6.07, 6.45) is -13.8. The van der Waals surface area contributed by atoms with E-state index in [2.05, 4.69) is 4.98 Å². The number of pyridine rings is 1. The Morgan fingerprint density at radius 1 is 1.03 bits per heavy atom. The summed E-state index contributed by atoms with van der Waals surface area (Å²) in [7, 11) is -4.42. The maximum Gasteiger partial charge on any atom is 0.437 e. The second kappa shape index (κ2) is 9.15. The van der Waals surface area contributed by atoms with E-state index >= 15 is 0 Å². The monoisotopic (exact) mass is 582 g/mol. The minimum atomic E-state index is -6.38. The van der Waals surface area contributed by atoms with E-state index in [9.17, 15) is 49.1 Å². The third-order valence-electron chi connectivity index (χ3n) is 7.29. The Bertz CT molecular complexity index is 1360. The van der Waals surface area contributed by atoms with Crippen molar-refractivity contribution in [3.05, 3.63) is 59.4 Å². The number of fused-ring (bicyclic) bond motifs is 3. The van der Waals surface area contributed by atoms with Gasteiger partial charge in [-0.3, -0.25) is 9.78 Å². The first kappa shape index (κ1) is 29.2. The smallest absolute Gasteiger partial charge is 0.390 e. The number of hydrogen-bond donors (Lipinski definition) is 1. The van der Waals surface area contributed by atoms with Gasteiger partial charge in [0.15, 0.2) is 9.84 Å². The van der Waals surface area contributed by atoms with Crippen LogP contribution in [0.5, 0.6) is 0 Å². The molecular formula is C25H25F7N2O4S. The van der Waals surface area contributed by atoms with Crippen LogP contribution in [-0.4, -0.2) is 59.9 Å². The van der Waals surface area contributed by atoms with Crippen LogP contribution in [0.4, 0.5) is 30.7 Å². The molecule has 0 spiro atoms. The number of likely N-dealkylation sites (tertiary alicyclic amines) is 1. The van der Waals surface area contributed by atoms with Gasteiger partial charge in [-0.15, -0.1) is 0 Å². The highest BCUT2D eigenvalue weighted by Gasteiger charge is 2.75. The average molecular weight is 583 g/mol. The first-order valence-corrected chi connectivity index (χ1v) is 13.4. The summed E-state index contributed by atoms with van der Waals surface area (Å²) in [6, 6.07) is 6.93. The molecule has 2 aromatic rings. The zero-order valence-electron chi connectivity index (χ0n) is 20.8. The maximum absolute atomic E-state index is 14.8. The molecule has 214 valence electrons. The van der Waals surface area contributed by atoms with Gasteiger partial charge in [-0.25, -0.2) is 12.8 Å². The molecule has 1 amide bonds. The number of carbonyl (C=O) groups excluding carboxylic acids is 1. The van der Waals surface area contributed by atoms with Gasteiger partial charge in [-0.05, 0) is 56.9 Å². The first-order chi connectivity index (χ1) is 17.8. The minimum absolute atomic E-state index is 0.106. The van der Waals surface area contributed by atoms with Gasteiger partial charge < -0.3 is 10.0 Å². The van der Waals surface area contributed by atoms with Crippen molar-refractivity contribution in [2.75, 3.05) is 6.54 Å². The van der Waals surface area contributed by atoms with Gasteiger partial charge in [-0.2, -0.15) is 26.3 Å². The Kier molecular flexibility index (Phi) is 6.86. The maximum atomic E-state index is 14.8. The summed E-state index contributed by atoms with van der Waals surface area (Å²) in [5.74, 6) is -0.567. The minimum Gasteiger partial charge on any atom is -0.390 e. The summed E-state index contributed by atoms with van der Waals surface area (Å²) in [6.45, 7) is 2.67. The molecule has 0 radical (unpaired) electrons. The Balaban J connectivity index is 1.93. The van der Waals surface area contributed by atoms with Gasteiger partial charge >= 0.3 is 18.0 Å². The number of carbonyl (C=O) groups is 1. The summed E-state index contributed by atoms with van der Waals surface area (Å²) >= 11 is 0. The van der Waals surface area contributed by atoms with Crippen molar-refractivity contribution in [2.45, 2.75) is 78.8 Å². The van der Waals surface area contributed by atoms with Gasteiger partial charge in [0.1, 0.15) is 4.75 Å². The van der Waals surface area contributed by atoms with Crippen molar-refractivity contribution in [1.82, 2.24) is 9.88 Å². The second-order valence-electron chi connectivity index (χ2n) is 10.4. The summed E-state index contributed by atoms with van der Waals surface area (Å²) in [5.41, 5.74) is -9.75. The van der Waals surface area contributed by atoms with Gasteiger partial charge in [0, 0.05) is 12.2 Å². The van der Waals surface area contributed by atoms with Gasteiger partial charge in [0.05, 0.1) is 28.7 Å². The summed E-state index contributed by atoms with van der Waals surface area (Å²) in [5, 5.41) is 10.1. The number of rotatable bonds is 5. The molecule has 1 aromatic carbocycles. The van der Waals surface area contributed by atoms with Crippen LogP contribution in [0.15, 0.2) is 47.4 Å². The Morgan fingerprint density at radius 3 is 2.15 bits per heavy atom. The number of alkyl halides is 7. The van der Waals surface area contributed by atoms with E-state index < -0.39 is 61.5 Å². The molecule has 2 unspecified atom stereocenters. The van der Waals surface area contributed by atoms with Crippen molar-refractivity contribution < 1.29 is 49.1 Å². The molecule has 14 heteroatoms. The highest BCUT2D eigenvalue weighted by molar-refractivity contribution is 7.92. The fraction of sp³-hybridized carbons (Fsp3) is 0.520. The van der Waals surface area contributed by atoms with Crippen LogP contribution < -0.4 is 0 Å². The van der Waals surface area contributed by atoms with Crippen molar-refractivity contribution in [3.8, 4) is 0 Å². The predicted octanol–water partition coefficient (Wildman–Crippen LogP) is 4.75. The Hall–Kier alpha value is -2.74. The van der Waals surface area contributed by atoms with Crippen molar-refractivity contribution in [1.29, 1.82) is 0 Å². The van der Waals surface area contributed by atoms with E-state index in [0.29, 0.717) is 0 Å². The quantitative estimate of drug-likeness (QED) is 0.515. The number of hydrogen-bond acceptors (Lipinski definition) is 5. The molecule has 2 heterocycles. The molecule has 1 N–H and O–H groups in total. The fourth-order valence-corrected chi connectivity index (χ4v) is 7.97. The fourth-order valence-electron chi connectivity index (χ4n) is 5.60. The molecule has 4 rings (SSSR count). The normalized spacial score (nSPS) is 22.4. The first-order valence-electron chi connectivity index (χ1n) is 11.9. The molecule has 2 atom stereocenters. The molecular weight excluding hydrogens is 557 g/mol. The molecule has 1 aliphatic heterocycles. The van der Waals surface area contributed by atoms with E-state index in [1.165, 1.54) is 43.0 Å². The van der Waals surface area contributed by atoms with E-state index in [1.807, 2.05) is 0 Å². The van der Waals surface area contributed by atoms with E-state index in [-0.39, 0.29) is 48.8 Å². The van der Waals surface area contributed by atoms with Crippen molar-refractivity contribution in [3.63, 3.8) is 0 Å². The zero-order valence-corrected chi connectivity index (χ0v) is 21.6. The lowest BCUT2D eigenvalue weighted by Crippen LogP contribution is -2.54. The summed E-state index contributed by atoms with van der Waals surface area (Å²) in [4.78, 5) is 17.6. The van der Waals surface area contributed by atoms with Crippen LogP contribution in [0.3, 0.4) is 0 Å². The molecule has 0 bridgehead atoms. The van der Waals surface area contributed by atoms with E-state index in [4.69, 9.17) is 0 Å². The third-order valence-corrected chi connectivity index (χ3v) is 9.84. The number of benzene rings is 1. The molecule has 0 saturated carbocycles. The highest BCUT2D eigenvalue weighted by atomic mass is 32.2. The molecule has 1 aliphatic carbocycles. The van der Waals surface area contributed by atoms with Crippen LogP contribution in [0.25, 0.3) is 0 Å². The SMILES string of the molecule is CC(C)(O)CC(=O)N1CCC2(S(=O)(=O)c3ccccc3)c3ccc(C(F)(C(F)(F)F)C(F)(F)F)nc3CCC12. The molecule has 1 saturated heterocycles. The highest BCUT2D eigenvalue weighted by Crippen LogP contribution is 2.56. The largest absolute Gasteiger partial charge is 0.437 e. The second-order valence-corrected chi connectivity index (χ2v) is 12.6. The van der Waals surface area contributed by atoms with Crippen molar-refractivity contribution >= 4 is 15.7 Å². The van der Waals surface area contributed by atoms with E-state index in [1.54, 1.807) is 6.07 Å². The van der Waals surface area contributed by atoms with Crippen LogP contribution in [0.2, 0.25) is 0 Å². The van der Waals surface area contributed by atoms with Crippen LogP contribution in [0, 0.1) is 0 Å². The molecule has 1 aromatic heterocycles. The standard InChI is InChI=1S/C25H25F7N2O4S/c1-21(2,36)14-20(35)34-13-12-22(39(37,38)15-6-4-3-5-7-15)16-8-10-18(33-17(16)9-11-19(22)34)23(26,24(27,28)29)25(30,31)32/h3-8,10,19,36H,9,11-14H2,1-2H3. The summed E-state index contributed by atoms with van der Waals surface area (Å²) < 4.78 is 122. The van der Waals surface area contributed by atoms with Gasteiger partial charge in [0.25, 0.3) is 0 Å². The number of sulfone groups is 1. The van der Waals surface area contributed by atoms with Crippen molar-refractivity contribution in [2.24, 2.45) is 0 Å². The molecule has 2 aliphatic rings. The molecule has 39 heavy (non-hydrogen) atoms. The lowest BCUT2D eigenvalue weighted by atomic mass is 9.80. The zero-order chi connectivity index (χ0) is 29.2. The number of aliphatic hydroxyl groups is 1. The Morgan fingerprint density at radius 2 is 1.62 bits per heavy atom. The topological polar surface area (TPSA) is 87.6 Å². The van der Waals surface area contributed by atoms with Crippen LogP contribution in [-0.2, 0) is 31.5 Å². The lowest BCUT2D eigenvalue weighted by Gasteiger charge is -2.42. The lowest BCUT2D eigenvalue weighted by molar-refractivity contribution is -0.350. The van der Waals surface area contributed by atoms with Gasteiger partial charge in [0.2, 0.25) is 5.91 Å². The average Bonchev–Trinajstić information content (AvgIpc) is 3.23.